The SMILES string of the molecule is CCc1ccc(N2C(=O)/C(=C/c3cc(Br)ccc3OCC#N)N(CC(=O)OC)C2=S)cc1. The van der Waals surface area contributed by atoms with Crippen LogP contribution in [-0.2, 0) is 20.7 Å². The molecule has 0 radical (unpaired) electrons. The lowest BCUT2D eigenvalue weighted by Crippen LogP contribution is -2.35. The number of hydrogen-bond donors (Lipinski definition) is 0. The van der Waals surface area contributed by atoms with Crippen LogP contribution in [0.3, 0.4) is 0 Å². The van der Waals surface area contributed by atoms with Gasteiger partial charge in [0.05, 0.1) is 12.8 Å². The first kappa shape index (κ1) is 23.4. The van der Waals surface area contributed by atoms with Crippen LogP contribution in [0.25, 0.3) is 6.08 Å². The molecule has 2 aromatic rings. The summed E-state index contributed by atoms with van der Waals surface area (Å²) in [7, 11) is 1.27. The third-order valence-electron chi connectivity index (χ3n) is 4.81. The number of ether oxygens (including phenoxy) is 2. The number of carbonyl (C=O) groups is 2. The Morgan fingerprint density at radius 1 is 1.25 bits per heavy atom. The monoisotopic (exact) mass is 513 g/mol. The van der Waals surface area contributed by atoms with Gasteiger partial charge in [-0.05, 0) is 60.6 Å². The van der Waals surface area contributed by atoms with Crippen molar-refractivity contribution in [1.82, 2.24) is 4.90 Å². The summed E-state index contributed by atoms with van der Waals surface area (Å²) in [5.74, 6) is -0.497. The van der Waals surface area contributed by atoms with Gasteiger partial charge in [0.15, 0.2) is 11.7 Å². The van der Waals surface area contributed by atoms with Crippen LogP contribution < -0.4 is 9.64 Å². The van der Waals surface area contributed by atoms with Crippen LogP contribution in [0.2, 0.25) is 0 Å². The van der Waals surface area contributed by atoms with Gasteiger partial charge in [-0.25, -0.2) is 0 Å². The maximum absolute atomic E-state index is 13.4. The molecule has 0 unspecified atom stereocenters. The largest absolute Gasteiger partial charge is 0.478 e. The number of nitriles is 1. The predicted octanol–water partition coefficient (Wildman–Crippen LogP) is 4.06. The van der Waals surface area contributed by atoms with Crippen molar-refractivity contribution in [1.29, 1.82) is 5.26 Å². The number of halogens is 1. The topological polar surface area (TPSA) is 82.9 Å². The van der Waals surface area contributed by atoms with E-state index in [0.717, 1.165) is 16.5 Å². The van der Waals surface area contributed by atoms with Crippen molar-refractivity contribution in [2.24, 2.45) is 0 Å². The van der Waals surface area contributed by atoms with Crippen LogP contribution in [0.1, 0.15) is 18.1 Å². The van der Waals surface area contributed by atoms with Gasteiger partial charge >= 0.3 is 5.97 Å². The summed E-state index contributed by atoms with van der Waals surface area (Å²) < 4.78 is 11.0. The second kappa shape index (κ2) is 10.4. The normalized spacial score (nSPS) is 14.6. The van der Waals surface area contributed by atoms with Gasteiger partial charge < -0.3 is 14.4 Å². The summed E-state index contributed by atoms with van der Waals surface area (Å²) in [4.78, 5) is 28.3. The first-order valence-electron chi connectivity index (χ1n) is 9.72. The van der Waals surface area contributed by atoms with Crippen molar-refractivity contribution >= 4 is 56.9 Å². The fourth-order valence-corrected chi connectivity index (χ4v) is 3.89. The first-order valence-corrected chi connectivity index (χ1v) is 10.9. The molecule has 0 aromatic heterocycles. The van der Waals surface area contributed by atoms with Crippen LogP contribution in [0.15, 0.2) is 52.6 Å². The minimum absolute atomic E-state index is 0.147. The van der Waals surface area contributed by atoms with E-state index in [4.69, 9.17) is 27.0 Å². The zero-order valence-corrected chi connectivity index (χ0v) is 19.9. The van der Waals surface area contributed by atoms with Crippen LogP contribution in [0, 0.1) is 11.3 Å². The van der Waals surface area contributed by atoms with Gasteiger partial charge in [0.25, 0.3) is 5.91 Å². The molecule has 0 N–H and O–H groups in total. The Balaban J connectivity index is 2.08. The van der Waals surface area contributed by atoms with E-state index in [1.165, 1.54) is 16.9 Å². The molecule has 1 saturated heterocycles. The molecule has 1 amide bonds. The molecule has 0 atom stereocenters. The van der Waals surface area contributed by atoms with Crippen molar-refractivity contribution < 1.29 is 19.1 Å². The van der Waals surface area contributed by atoms with Crippen LogP contribution in [-0.4, -0.2) is 42.2 Å². The summed E-state index contributed by atoms with van der Waals surface area (Å²) in [6.45, 7) is 1.67. The van der Waals surface area contributed by atoms with Gasteiger partial charge in [-0.1, -0.05) is 35.0 Å². The Hall–Kier alpha value is -3.22. The summed E-state index contributed by atoms with van der Waals surface area (Å²) in [5.41, 5.74) is 2.48. The van der Waals surface area contributed by atoms with Crippen molar-refractivity contribution in [3.63, 3.8) is 0 Å². The molecule has 0 aliphatic carbocycles. The van der Waals surface area contributed by atoms with E-state index in [2.05, 4.69) is 15.9 Å². The molecule has 0 saturated carbocycles. The fourth-order valence-electron chi connectivity index (χ4n) is 3.16. The van der Waals surface area contributed by atoms with Crippen LogP contribution >= 0.6 is 28.1 Å². The van der Waals surface area contributed by atoms with E-state index in [-0.39, 0.29) is 29.9 Å². The van der Waals surface area contributed by atoms with Crippen LogP contribution in [0.5, 0.6) is 5.75 Å². The maximum Gasteiger partial charge on any atom is 0.325 e. The highest BCUT2D eigenvalue weighted by Crippen LogP contribution is 2.32. The van der Waals surface area contributed by atoms with Gasteiger partial charge in [-0.15, -0.1) is 0 Å². The fraction of sp³-hybridized carbons (Fsp3) is 0.217. The maximum atomic E-state index is 13.4. The van der Waals surface area contributed by atoms with E-state index < -0.39 is 5.97 Å². The molecular formula is C23H20BrN3O4S. The molecule has 1 heterocycles. The highest BCUT2D eigenvalue weighted by molar-refractivity contribution is 9.10. The summed E-state index contributed by atoms with van der Waals surface area (Å²) >= 11 is 8.98. The summed E-state index contributed by atoms with van der Waals surface area (Å²) in [5, 5.41) is 9.03. The van der Waals surface area contributed by atoms with E-state index >= 15 is 0 Å². The molecule has 164 valence electrons. The van der Waals surface area contributed by atoms with Crippen molar-refractivity contribution in [3.05, 3.63) is 63.8 Å². The molecule has 3 rings (SSSR count). The number of rotatable bonds is 7. The third kappa shape index (κ3) is 4.98. The van der Waals surface area contributed by atoms with Gasteiger partial charge in [-0.3, -0.25) is 14.5 Å². The highest BCUT2D eigenvalue weighted by atomic mass is 79.9. The molecule has 1 fully saturated rings. The number of amides is 1. The Kier molecular flexibility index (Phi) is 7.62. The standard InChI is InChI=1S/C23H20BrN3O4S/c1-3-15-4-7-18(8-5-15)27-22(29)19(26(23(27)32)14-21(28)30-2)13-16-12-17(24)6-9-20(16)31-11-10-25/h4-9,12-13H,3,11,14H2,1-2H3/b19-13-. The van der Waals surface area contributed by atoms with Gasteiger partial charge in [0.1, 0.15) is 24.1 Å². The number of benzene rings is 2. The van der Waals surface area contributed by atoms with Crippen LogP contribution in [0.4, 0.5) is 5.69 Å². The zero-order valence-electron chi connectivity index (χ0n) is 17.5. The number of anilines is 1. The lowest BCUT2D eigenvalue weighted by molar-refractivity contribution is -0.140. The quantitative estimate of drug-likeness (QED) is 0.313. The average molecular weight is 514 g/mol. The van der Waals surface area contributed by atoms with E-state index in [1.807, 2.05) is 37.3 Å². The molecule has 1 aliphatic heterocycles. The minimum Gasteiger partial charge on any atom is -0.478 e. The minimum atomic E-state index is -0.538. The number of esters is 1. The number of hydrogen-bond acceptors (Lipinski definition) is 6. The first-order chi connectivity index (χ1) is 15.4. The second-order valence-corrected chi connectivity index (χ2v) is 8.04. The van der Waals surface area contributed by atoms with E-state index in [0.29, 0.717) is 17.0 Å². The van der Waals surface area contributed by atoms with Gasteiger partial charge in [0.2, 0.25) is 0 Å². The zero-order chi connectivity index (χ0) is 23.3. The number of aryl methyl sites for hydroxylation is 1. The van der Waals surface area contributed by atoms with Crippen molar-refractivity contribution in [3.8, 4) is 11.8 Å². The smallest absolute Gasteiger partial charge is 0.325 e. The Morgan fingerprint density at radius 2 is 1.97 bits per heavy atom. The van der Waals surface area contributed by atoms with E-state index in [1.54, 1.807) is 24.3 Å². The summed E-state index contributed by atoms with van der Waals surface area (Å²) in [6.07, 6.45) is 2.46. The molecule has 0 spiro atoms. The average Bonchev–Trinajstić information content (AvgIpc) is 3.02. The summed E-state index contributed by atoms with van der Waals surface area (Å²) in [6, 6.07) is 14.6. The second-order valence-electron chi connectivity index (χ2n) is 6.76. The number of nitrogens with zero attached hydrogens (tertiary/aromatic N) is 3. The van der Waals surface area contributed by atoms with Gasteiger partial charge in [-0.2, -0.15) is 5.26 Å². The molecule has 1 aliphatic rings. The molecule has 7 nitrogen and oxygen atoms in total. The molecule has 0 bridgehead atoms. The van der Waals surface area contributed by atoms with Gasteiger partial charge in [0, 0.05) is 10.0 Å². The molecule has 32 heavy (non-hydrogen) atoms. The van der Waals surface area contributed by atoms with E-state index in [9.17, 15) is 9.59 Å². The number of thiocarbonyl (C=S) groups is 1. The molecule has 9 heteroatoms. The lowest BCUT2D eigenvalue weighted by atomic mass is 10.1. The lowest BCUT2D eigenvalue weighted by Gasteiger charge is -2.19. The number of methoxy groups -OCH3 is 1. The molecule has 2 aromatic carbocycles. The molecular weight excluding hydrogens is 494 g/mol. The predicted molar refractivity (Wildman–Crippen MR) is 128 cm³/mol. The third-order valence-corrected chi connectivity index (χ3v) is 5.71. The Labute approximate surface area is 199 Å². The Bertz CT molecular complexity index is 1130. The Morgan fingerprint density at radius 3 is 2.59 bits per heavy atom. The van der Waals surface area contributed by atoms with Crippen molar-refractivity contribution in [2.45, 2.75) is 13.3 Å². The highest BCUT2D eigenvalue weighted by Gasteiger charge is 2.40. The van der Waals surface area contributed by atoms with Crippen molar-refractivity contribution in [2.75, 3.05) is 25.2 Å². The number of carbonyl (C=O) groups excluding carboxylic acids is 2.